The molecule has 2 aromatic carbocycles. The molecule has 144 valence electrons. The van der Waals surface area contributed by atoms with E-state index >= 15 is 0 Å². The van der Waals surface area contributed by atoms with Gasteiger partial charge in [-0.1, -0.05) is 12.1 Å². The van der Waals surface area contributed by atoms with Gasteiger partial charge in [0.1, 0.15) is 5.75 Å². The summed E-state index contributed by atoms with van der Waals surface area (Å²) in [5, 5.41) is 3.29. The molecule has 0 radical (unpaired) electrons. The summed E-state index contributed by atoms with van der Waals surface area (Å²) in [6.07, 6.45) is 0. The van der Waals surface area contributed by atoms with Crippen LogP contribution in [0.1, 0.15) is 17.3 Å². The van der Waals surface area contributed by atoms with Crippen molar-refractivity contribution in [3.63, 3.8) is 0 Å². The van der Waals surface area contributed by atoms with Crippen LogP contribution in [0.15, 0.2) is 53.4 Å². The van der Waals surface area contributed by atoms with Crippen LogP contribution in [0, 0.1) is 0 Å². The van der Waals surface area contributed by atoms with Crippen molar-refractivity contribution in [2.45, 2.75) is 17.9 Å². The highest BCUT2D eigenvalue weighted by Gasteiger charge is 2.25. The fraction of sp³-hybridized carbons (Fsp3) is 0.316. The van der Waals surface area contributed by atoms with Gasteiger partial charge < -0.3 is 15.0 Å². The van der Waals surface area contributed by atoms with Crippen molar-refractivity contribution in [1.29, 1.82) is 0 Å². The van der Waals surface area contributed by atoms with Gasteiger partial charge >= 0.3 is 0 Å². The number of nitrogens with one attached hydrogen (secondary N) is 2. The second kappa shape index (κ2) is 7.98. The van der Waals surface area contributed by atoms with Crippen LogP contribution in [0.5, 0.6) is 5.75 Å². The molecule has 1 fully saturated rings. The summed E-state index contributed by atoms with van der Waals surface area (Å²) in [4.78, 5) is 14.8. The molecule has 1 saturated heterocycles. The third-order valence-corrected chi connectivity index (χ3v) is 5.81. The number of carbonyl (C=O) groups excluding carboxylic acids is 1. The number of piperazine rings is 1. The molecule has 7 nitrogen and oxygen atoms in total. The third kappa shape index (κ3) is 4.40. The molecule has 8 heteroatoms. The van der Waals surface area contributed by atoms with E-state index in [1.165, 1.54) is 19.2 Å². The summed E-state index contributed by atoms with van der Waals surface area (Å²) in [6.45, 7) is 3.89. The number of rotatable bonds is 5. The molecule has 0 aromatic heterocycles. The van der Waals surface area contributed by atoms with Crippen LogP contribution >= 0.6 is 0 Å². The predicted octanol–water partition coefficient (Wildman–Crippen LogP) is 1.93. The smallest absolute Gasteiger partial charge is 0.261 e. The van der Waals surface area contributed by atoms with Crippen molar-refractivity contribution < 1.29 is 17.9 Å². The summed E-state index contributed by atoms with van der Waals surface area (Å²) < 4.78 is 33.0. The number of para-hydroxylation sites is 1. The molecule has 1 atom stereocenters. The third-order valence-electron chi connectivity index (χ3n) is 4.43. The largest absolute Gasteiger partial charge is 0.497 e. The molecule has 1 unspecified atom stereocenters. The topological polar surface area (TPSA) is 87.7 Å². The van der Waals surface area contributed by atoms with E-state index in [-0.39, 0.29) is 22.5 Å². The van der Waals surface area contributed by atoms with Crippen LogP contribution in [-0.2, 0) is 10.0 Å². The minimum atomic E-state index is -3.82. The van der Waals surface area contributed by atoms with E-state index in [2.05, 4.69) is 10.0 Å². The molecule has 1 heterocycles. The number of benzene rings is 2. The first-order valence-corrected chi connectivity index (χ1v) is 10.2. The zero-order chi connectivity index (χ0) is 19.4. The summed E-state index contributed by atoms with van der Waals surface area (Å²) in [5.74, 6) is 0.383. The molecular weight excluding hydrogens is 366 g/mol. The van der Waals surface area contributed by atoms with Crippen molar-refractivity contribution in [1.82, 2.24) is 10.2 Å². The summed E-state index contributed by atoms with van der Waals surface area (Å²) in [6, 6.07) is 12.9. The molecule has 1 aliphatic rings. The van der Waals surface area contributed by atoms with E-state index < -0.39 is 10.0 Å². The van der Waals surface area contributed by atoms with Gasteiger partial charge in [-0.15, -0.1) is 0 Å². The number of sulfonamides is 1. The number of carbonyl (C=O) groups is 1. The predicted molar refractivity (Wildman–Crippen MR) is 104 cm³/mol. The van der Waals surface area contributed by atoms with Crippen molar-refractivity contribution in [3.8, 4) is 5.75 Å². The minimum absolute atomic E-state index is 0.0985. The van der Waals surface area contributed by atoms with E-state index in [4.69, 9.17) is 4.74 Å². The lowest BCUT2D eigenvalue weighted by Gasteiger charge is -2.32. The lowest BCUT2D eigenvalue weighted by Crippen LogP contribution is -2.51. The van der Waals surface area contributed by atoms with Gasteiger partial charge in [0.2, 0.25) is 0 Å². The molecule has 2 aromatic rings. The average molecular weight is 389 g/mol. The van der Waals surface area contributed by atoms with Gasteiger partial charge in [0.15, 0.2) is 0 Å². The quantitative estimate of drug-likeness (QED) is 0.816. The molecule has 1 amide bonds. The first-order chi connectivity index (χ1) is 12.9. The lowest BCUT2D eigenvalue weighted by molar-refractivity contribution is 0.0710. The van der Waals surface area contributed by atoms with Gasteiger partial charge in [0, 0.05) is 25.7 Å². The number of hydrogen-bond acceptors (Lipinski definition) is 5. The molecule has 1 aliphatic heterocycles. The summed E-state index contributed by atoms with van der Waals surface area (Å²) in [5.41, 5.74) is 0.605. The highest BCUT2D eigenvalue weighted by atomic mass is 32.2. The number of hydrogen-bond donors (Lipinski definition) is 2. The Morgan fingerprint density at radius 1 is 1.19 bits per heavy atom. The van der Waals surface area contributed by atoms with Crippen LogP contribution in [0.3, 0.4) is 0 Å². The van der Waals surface area contributed by atoms with Crippen molar-refractivity contribution in [2.24, 2.45) is 0 Å². The molecular formula is C19H23N3O4S. The lowest BCUT2D eigenvalue weighted by atomic mass is 10.1. The van der Waals surface area contributed by atoms with E-state index in [0.717, 1.165) is 0 Å². The highest BCUT2D eigenvalue weighted by molar-refractivity contribution is 7.92. The molecule has 0 aliphatic carbocycles. The average Bonchev–Trinajstić information content (AvgIpc) is 2.67. The van der Waals surface area contributed by atoms with Gasteiger partial charge in [-0.05, 0) is 43.3 Å². The molecule has 0 spiro atoms. The normalized spacial score (nSPS) is 17.4. The maximum atomic E-state index is 12.9. The Morgan fingerprint density at radius 3 is 2.56 bits per heavy atom. The second-order valence-electron chi connectivity index (χ2n) is 6.43. The van der Waals surface area contributed by atoms with E-state index in [0.29, 0.717) is 30.9 Å². The zero-order valence-electron chi connectivity index (χ0n) is 15.3. The Labute approximate surface area is 159 Å². The Balaban J connectivity index is 1.85. The molecule has 3 rings (SSSR count). The molecule has 0 bridgehead atoms. The Hall–Kier alpha value is -2.58. The molecule has 27 heavy (non-hydrogen) atoms. The van der Waals surface area contributed by atoms with Crippen molar-refractivity contribution in [2.75, 3.05) is 31.5 Å². The van der Waals surface area contributed by atoms with Gasteiger partial charge in [0.05, 0.1) is 23.3 Å². The zero-order valence-corrected chi connectivity index (χ0v) is 16.1. The molecule has 0 saturated carbocycles. The number of methoxy groups -OCH3 is 1. The number of ether oxygens (including phenoxy) is 1. The SMILES string of the molecule is COc1ccc(S(=O)(=O)Nc2ccccc2C(=O)N2CCNC(C)C2)cc1. The van der Waals surface area contributed by atoms with Crippen LogP contribution in [-0.4, -0.2) is 52.0 Å². The van der Waals surface area contributed by atoms with E-state index in [1.807, 2.05) is 6.92 Å². The number of amides is 1. The maximum absolute atomic E-state index is 12.9. The van der Waals surface area contributed by atoms with E-state index in [9.17, 15) is 13.2 Å². The fourth-order valence-electron chi connectivity index (χ4n) is 3.00. The van der Waals surface area contributed by atoms with Crippen LogP contribution < -0.4 is 14.8 Å². The fourth-order valence-corrected chi connectivity index (χ4v) is 4.08. The maximum Gasteiger partial charge on any atom is 0.261 e. The standard InChI is InChI=1S/C19H23N3O4S/c1-14-13-22(12-11-20-14)19(23)17-5-3-4-6-18(17)21-27(24,25)16-9-7-15(26-2)8-10-16/h3-10,14,20-21H,11-13H2,1-2H3. The van der Waals surface area contributed by atoms with Gasteiger partial charge in [-0.2, -0.15) is 0 Å². The first-order valence-electron chi connectivity index (χ1n) is 8.69. The second-order valence-corrected chi connectivity index (χ2v) is 8.12. The van der Waals surface area contributed by atoms with Crippen molar-refractivity contribution >= 4 is 21.6 Å². The Bertz CT molecular complexity index is 913. The highest BCUT2D eigenvalue weighted by Crippen LogP contribution is 2.23. The number of anilines is 1. The Kier molecular flexibility index (Phi) is 5.67. The van der Waals surface area contributed by atoms with Gasteiger partial charge in [-0.3, -0.25) is 9.52 Å². The molecule has 2 N–H and O–H groups in total. The van der Waals surface area contributed by atoms with Gasteiger partial charge in [-0.25, -0.2) is 8.42 Å². The van der Waals surface area contributed by atoms with E-state index in [1.54, 1.807) is 41.3 Å². The number of nitrogens with zero attached hydrogens (tertiary/aromatic N) is 1. The first kappa shape index (κ1) is 19.2. The van der Waals surface area contributed by atoms with Crippen molar-refractivity contribution in [3.05, 3.63) is 54.1 Å². The summed E-state index contributed by atoms with van der Waals surface area (Å²) in [7, 11) is -2.31. The van der Waals surface area contributed by atoms with Crippen LogP contribution in [0.4, 0.5) is 5.69 Å². The Morgan fingerprint density at radius 2 is 1.89 bits per heavy atom. The minimum Gasteiger partial charge on any atom is -0.497 e. The van der Waals surface area contributed by atoms with Gasteiger partial charge in [0.25, 0.3) is 15.9 Å². The summed E-state index contributed by atoms with van der Waals surface area (Å²) >= 11 is 0. The monoisotopic (exact) mass is 389 g/mol. The van der Waals surface area contributed by atoms with Crippen LogP contribution in [0.2, 0.25) is 0 Å². The van der Waals surface area contributed by atoms with Crippen LogP contribution in [0.25, 0.3) is 0 Å².